The lowest BCUT2D eigenvalue weighted by Gasteiger charge is -2.11. The van der Waals surface area contributed by atoms with E-state index in [4.69, 9.17) is 0 Å². The number of nitrogens with one attached hydrogen (secondary N) is 1. The molecule has 0 saturated carbocycles. The monoisotopic (exact) mass is 356 g/mol. The zero-order chi connectivity index (χ0) is 18.4. The summed E-state index contributed by atoms with van der Waals surface area (Å²) in [6, 6.07) is 13.7. The van der Waals surface area contributed by atoms with Gasteiger partial charge < -0.3 is 10.2 Å². The van der Waals surface area contributed by atoms with Gasteiger partial charge in [-0.3, -0.25) is 9.78 Å². The highest BCUT2D eigenvalue weighted by Crippen LogP contribution is 2.30. The van der Waals surface area contributed by atoms with Gasteiger partial charge >= 0.3 is 0 Å². The average Bonchev–Trinajstić information content (AvgIpc) is 3.23. The molecule has 7 nitrogen and oxygen atoms in total. The summed E-state index contributed by atoms with van der Waals surface area (Å²) in [5.41, 5.74) is 5.65. The molecule has 27 heavy (non-hydrogen) atoms. The molecule has 1 aromatic carbocycles. The second kappa shape index (κ2) is 5.91. The fourth-order valence-corrected chi connectivity index (χ4v) is 3.37. The number of benzene rings is 1. The molecule has 0 atom stereocenters. The van der Waals surface area contributed by atoms with Gasteiger partial charge in [0.25, 0.3) is 0 Å². The molecule has 0 fully saturated rings. The molecule has 1 N–H and O–H groups in total. The van der Waals surface area contributed by atoms with E-state index in [1.807, 2.05) is 53.2 Å². The Hall–Kier alpha value is -3.74. The summed E-state index contributed by atoms with van der Waals surface area (Å²) >= 11 is 0. The van der Waals surface area contributed by atoms with E-state index in [1.165, 1.54) is 0 Å². The summed E-state index contributed by atoms with van der Waals surface area (Å²) in [5.74, 6) is 0.592. The normalized spacial score (nSPS) is 13.2. The van der Waals surface area contributed by atoms with Crippen molar-refractivity contribution in [2.45, 2.75) is 6.42 Å². The molecular weight excluding hydrogens is 340 g/mol. The molecule has 4 aromatic rings. The number of aromatic nitrogens is 4. The van der Waals surface area contributed by atoms with E-state index in [2.05, 4.69) is 20.4 Å². The Bertz CT molecular complexity index is 1170. The van der Waals surface area contributed by atoms with Crippen LogP contribution in [0.5, 0.6) is 0 Å². The van der Waals surface area contributed by atoms with Gasteiger partial charge in [-0.1, -0.05) is 0 Å². The van der Waals surface area contributed by atoms with Crippen LogP contribution in [-0.2, 0) is 11.2 Å². The number of amides is 1. The van der Waals surface area contributed by atoms with Gasteiger partial charge in [0.15, 0.2) is 0 Å². The highest BCUT2D eigenvalue weighted by molar-refractivity contribution is 6.01. The predicted octanol–water partition coefficient (Wildman–Crippen LogP) is 3.05. The maximum atomic E-state index is 11.9. The second-order valence-electron chi connectivity index (χ2n) is 6.48. The highest BCUT2D eigenvalue weighted by atomic mass is 16.2. The summed E-state index contributed by atoms with van der Waals surface area (Å²) in [6.07, 6.45) is 5.76. The molecule has 7 heteroatoms. The minimum atomic E-state index is 0.105. The predicted molar refractivity (Wildman–Crippen MR) is 103 cm³/mol. The Morgan fingerprint density at radius 1 is 1.11 bits per heavy atom. The van der Waals surface area contributed by atoms with E-state index in [9.17, 15) is 4.79 Å². The van der Waals surface area contributed by atoms with Crippen molar-refractivity contribution in [2.24, 2.45) is 0 Å². The molecule has 0 radical (unpaired) electrons. The molecule has 1 aliphatic rings. The van der Waals surface area contributed by atoms with Crippen LogP contribution in [0.25, 0.3) is 16.8 Å². The number of pyridine rings is 1. The number of fused-ring (bicyclic) bond motifs is 2. The highest BCUT2D eigenvalue weighted by Gasteiger charge is 2.23. The average molecular weight is 356 g/mol. The van der Waals surface area contributed by atoms with Gasteiger partial charge in [-0.25, -0.2) is 9.50 Å². The van der Waals surface area contributed by atoms with Crippen LogP contribution in [0.1, 0.15) is 5.56 Å². The summed E-state index contributed by atoms with van der Waals surface area (Å²) in [7, 11) is 1.80. The van der Waals surface area contributed by atoms with Crippen molar-refractivity contribution < 1.29 is 4.79 Å². The molecule has 4 heterocycles. The van der Waals surface area contributed by atoms with E-state index in [-0.39, 0.29) is 5.91 Å². The third-order valence-corrected chi connectivity index (χ3v) is 4.77. The largest absolute Gasteiger partial charge is 0.323 e. The first-order valence-corrected chi connectivity index (χ1v) is 8.61. The summed E-state index contributed by atoms with van der Waals surface area (Å²) < 4.78 is 1.84. The van der Waals surface area contributed by atoms with Crippen molar-refractivity contribution in [3.8, 4) is 11.3 Å². The number of carbonyl (C=O) groups is 1. The van der Waals surface area contributed by atoms with Gasteiger partial charge in [0, 0.05) is 36.4 Å². The maximum absolute atomic E-state index is 11.9. The molecule has 0 bridgehead atoms. The number of anilines is 3. The zero-order valence-electron chi connectivity index (χ0n) is 14.6. The first-order valence-electron chi connectivity index (χ1n) is 8.61. The Morgan fingerprint density at radius 3 is 2.89 bits per heavy atom. The number of nitrogens with zero attached hydrogens (tertiary/aromatic N) is 5. The van der Waals surface area contributed by atoms with Crippen LogP contribution >= 0.6 is 0 Å². The first kappa shape index (κ1) is 15.5. The Balaban J connectivity index is 1.50. The van der Waals surface area contributed by atoms with Crippen molar-refractivity contribution in [1.29, 1.82) is 0 Å². The lowest BCUT2D eigenvalue weighted by atomic mass is 10.1. The van der Waals surface area contributed by atoms with Crippen LogP contribution in [-0.4, -0.2) is 32.5 Å². The molecule has 3 aromatic heterocycles. The van der Waals surface area contributed by atoms with Gasteiger partial charge in [0.1, 0.15) is 0 Å². The van der Waals surface area contributed by atoms with Crippen LogP contribution in [0, 0.1) is 0 Å². The lowest BCUT2D eigenvalue weighted by molar-refractivity contribution is -0.117. The molecule has 0 aliphatic carbocycles. The molecule has 1 aliphatic heterocycles. The van der Waals surface area contributed by atoms with Crippen LogP contribution in [0.4, 0.5) is 17.3 Å². The van der Waals surface area contributed by atoms with Crippen molar-refractivity contribution in [3.63, 3.8) is 0 Å². The van der Waals surface area contributed by atoms with Crippen LogP contribution in [0.15, 0.2) is 61.1 Å². The molecule has 0 unspecified atom stereocenters. The number of rotatable bonds is 3. The number of hydrogen-bond acceptors (Lipinski definition) is 5. The third-order valence-electron chi connectivity index (χ3n) is 4.77. The molecular formula is C20H16N6O. The SMILES string of the molecule is CN1C(=O)Cc2cc(Nc3ncc4ccc(-c5cccnc5)n4n3)ccc21. The Morgan fingerprint density at radius 2 is 2.04 bits per heavy atom. The quantitative estimate of drug-likeness (QED) is 0.611. The van der Waals surface area contributed by atoms with E-state index in [0.717, 1.165) is 33.7 Å². The molecule has 132 valence electrons. The number of hydrogen-bond donors (Lipinski definition) is 1. The van der Waals surface area contributed by atoms with Crippen LogP contribution in [0.3, 0.4) is 0 Å². The molecule has 0 spiro atoms. The fourth-order valence-electron chi connectivity index (χ4n) is 3.37. The van der Waals surface area contributed by atoms with E-state index in [0.29, 0.717) is 12.4 Å². The van der Waals surface area contributed by atoms with Crippen molar-refractivity contribution in [2.75, 3.05) is 17.3 Å². The smallest absolute Gasteiger partial charge is 0.245 e. The molecule has 0 saturated heterocycles. The third kappa shape index (κ3) is 2.60. The number of likely N-dealkylation sites (N-methyl/N-ethyl adjacent to an activating group) is 1. The Kier molecular flexibility index (Phi) is 3.39. The molecule has 1 amide bonds. The fraction of sp³-hybridized carbons (Fsp3) is 0.100. The van der Waals surface area contributed by atoms with E-state index in [1.54, 1.807) is 24.3 Å². The summed E-state index contributed by atoms with van der Waals surface area (Å²) in [6.45, 7) is 0. The van der Waals surface area contributed by atoms with Crippen molar-refractivity contribution >= 4 is 28.7 Å². The minimum Gasteiger partial charge on any atom is -0.323 e. The summed E-state index contributed by atoms with van der Waals surface area (Å²) in [5, 5.41) is 7.86. The topological polar surface area (TPSA) is 75.4 Å². The van der Waals surface area contributed by atoms with E-state index >= 15 is 0 Å². The lowest BCUT2D eigenvalue weighted by Crippen LogP contribution is -2.20. The van der Waals surface area contributed by atoms with Gasteiger partial charge in [-0.2, -0.15) is 0 Å². The zero-order valence-corrected chi connectivity index (χ0v) is 14.6. The Labute approximate surface area is 155 Å². The van der Waals surface area contributed by atoms with Gasteiger partial charge in [0.2, 0.25) is 11.9 Å². The second-order valence-corrected chi connectivity index (χ2v) is 6.48. The van der Waals surface area contributed by atoms with Gasteiger partial charge in [-0.05, 0) is 48.0 Å². The van der Waals surface area contributed by atoms with Crippen molar-refractivity contribution in [1.82, 2.24) is 19.6 Å². The summed E-state index contributed by atoms with van der Waals surface area (Å²) in [4.78, 5) is 22.1. The van der Waals surface area contributed by atoms with Crippen molar-refractivity contribution in [3.05, 3.63) is 66.6 Å². The molecule has 5 rings (SSSR count). The van der Waals surface area contributed by atoms with Crippen LogP contribution < -0.4 is 10.2 Å². The van der Waals surface area contributed by atoms with Gasteiger partial charge in [-0.15, -0.1) is 5.10 Å². The van der Waals surface area contributed by atoms with E-state index < -0.39 is 0 Å². The standard InChI is InChI=1S/C20H16N6O/c1-25-17-6-4-15(9-14(17)10-19(25)27)23-20-22-12-16-5-7-18(26(16)24-20)13-3-2-8-21-11-13/h2-9,11-12H,10H2,1H3,(H,23,24). The van der Waals surface area contributed by atoms with Crippen LogP contribution in [0.2, 0.25) is 0 Å². The van der Waals surface area contributed by atoms with Gasteiger partial charge in [0.05, 0.1) is 23.8 Å². The number of carbonyl (C=O) groups excluding carboxylic acids is 1. The minimum absolute atomic E-state index is 0.105. The maximum Gasteiger partial charge on any atom is 0.245 e. The first-order chi connectivity index (χ1) is 13.2.